The van der Waals surface area contributed by atoms with E-state index in [1.54, 1.807) is 7.11 Å². The van der Waals surface area contributed by atoms with Crippen LogP contribution in [0.5, 0.6) is 0 Å². The number of rotatable bonds is 8. The highest BCUT2D eigenvalue weighted by Crippen LogP contribution is 2.27. The van der Waals surface area contributed by atoms with Crippen LogP contribution in [0.1, 0.15) is 6.92 Å². The molecular weight excluding hydrogens is 360 g/mol. The molecule has 1 heterocycles. The first-order valence-electron chi connectivity index (χ1n) is 8.73. The average Bonchev–Trinajstić information content (AvgIpc) is 3.11. The second-order valence-corrected chi connectivity index (χ2v) is 7.00. The number of carbonyl (C=O) groups excluding carboxylic acids is 1. The Hall–Kier alpha value is -2.64. The minimum Gasteiger partial charge on any atom is -0.383 e. The number of methoxy groups -OCH3 is 1. The van der Waals surface area contributed by atoms with Gasteiger partial charge in [-0.25, -0.2) is 0 Å². The standard InChI is InChI=1S/C20H22N4O2S/c1-3-24-18(15-10-6-4-7-11-15)22-23-20(24)27-17(14-26-2)19(25)21-16-12-8-5-9-13-16/h4-13,17H,3,14H2,1-2H3,(H,21,25). The van der Waals surface area contributed by atoms with Gasteiger partial charge in [-0.05, 0) is 19.1 Å². The van der Waals surface area contributed by atoms with Gasteiger partial charge >= 0.3 is 0 Å². The fourth-order valence-corrected chi connectivity index (χ4v) is 3.70. The van der Waals surface area contributed by atoms with E-state index in [4.69, 9.17) is 4.74 Å². The summed E-state index contributed by atoms with van der Waals surface area (Å²) in [7, 11) is 1.59. The van der Waals surface area contributed by atoms with Gasteiger partial charge in [0.15, 0.2) is 11.0 Å². The maximum Gasteiger partial charge on any atom is 0.240 e. The van der Waals surface area contributed by atoms with Crippen LogP contribution in [0.4, 0.5) is 5.69 Å². The zero-order valence-electron chi connectivity index (χ0n) is 15.3. The van der Waals surface area contributed by atoms with Gasteiger partial charge in [-0.15, -0.1) is 10.2 Å². The molecule has 0 aliphatic heterocycles. The molecule has 1 amide bonds. The molecule has 0 spiro atoms. The molecule has 140 valence electrons. The Morgan fingerprint density at radius 2 is 1.78 bits per heavy atom. The number of ether oxygens (including phenoxy) is 1. The molecule has 2 aromatic carbocycles. The number of anilines is 1. The summed E-state index contributed by atoms with van der Waals surface area (Å²) in [6.07, 6.45) is 0. The van der Waals surface area contributed by atoms with Crippen LogP contribution in [0.3, 0.4) is 0 Å². The molecule has 1 N–H and O–H groups in total. The maximum absolute atomic E-state index is 12.7. The number of nitrogens with zero attached hydrogens (tertiary/aromatic N) is 3. The van der Waals surface area contributed by atoms with Crippen molar-refractivity contribution >= 4 is 23.4 Å². The quantitative estimate of drug-likeness (QED) is 0.602. The molecule has 7 heteroatoms. The molecule has 0 radical (unpaired) electrons. The number of thioether (sulfide) groups is 1. The van der Waals surface area contributed by atoms with Crippen molar-refractivity contribution in [2.75, 3.05) is 19.0 Å². The monoisotopic (exact) mass is 382 g/mol. The van der Waals surface area contributed by atoms with E-state index >= 15 is 0 Å². The Kier molecular flexibility index (Phi) is 6.62. The summed E-state index contributed by atoms with van der Waals surface area (Å²) >= 11 is 1.36. The summed E-state index contributed by atoms with van der Waals surface area (Å²) < 4.78 is 7.27. The normalized spacial score (nSPS) is 11.9. The molecule has 0 fully saturated rings. The van der Waals surface area contributed by atoms with Crippen molar-refractivity contribution in [3.63, 3.8) is 0 Å². The fraction of sp³-hybridized carbons (Fsp3) is 0.250. The second kappa shape index (κ2) is 9.34. The molecule has 3 rings (SSSR count). The molecule has 0 aliphatic carbocycles. The highest BCUT2D eigenvalue weighted by atomic mass is 32.2. The van der Waals surface area contributed by atoms with Crippen LogP contribution in [0, 0.1) is 0 Å². The second-order valence-electron chi connectivity index (χ2n) is 5.83. The van der Waals surface area contributed by atoms with E-state index in [0.29, 0.717) is 11.7 Å². The van der Waals surface area contributed by atoms with E-state index in [1.807, 2.05) is 72.2 Å². The summed E-state index contributed by atoms with van der Waals surface area (Å²) in [4.78, 5) is 12.7. The predicted molar refractivity (Wildman–Crippen MR) is 108 cm³/mol. The molecule has 0 bridgehead atoms. The van der Waals surface area contributed by atoms with E-state index in [2.05, 4.69) is 15.5 Å². The maximum atomic E-state index is 12.7. The SMILES string of the molecule is CCn1c(SC(COC)C(=O)Nc2ccccc2)nnc1-c1ccccc1. The fourth-order valence-electron chi connectivity index (χ4n) is 2.65. The lowest BCUT2D eigenvalue weighted by atomic mass is 10.2. The Bertz CT molecular complexity index is 868. The summed E-state index contributed by atoms with van der Waals surface area (Å²) in [6, 6.07) is 19.3. The molecule has 0 aliphatic rings. The van der Waals surface area contributed by atoms with Crippen molar-refractivity contribution in [1.29, 1.82) is 0 Å². The third-order valence-corrected chi connectivity index (χ3v) is 5.11. The van der Waals surface area contributed by atoms with Gasteiger partial charge in [0.05, 0.1) is 6.61 Å². The van der Waals surface area contributed by atoms with E-state index in [0.717, 1.165) is 17.1 Å². The molecule has 0 saturated carbocycles. The van der Waals surface area contributed by atoms with Gasteiger partial charge in [0.2, 0.25) is 5.91 Å². The van der Waals surface area contributed by atoms with Gasteiger partial charge in [0.1, 0.15) is 5.25 Å². The molecule has 6 nitrogen and oxygen atoms in total. The lowest BCUT2D eigenvalue weighted by Crippen LogP contribution is -2.29. The molecule has 1 unspecified atom stereocenters. The average molecular weight is 382 g/mol. The van der Waals surface area contributed by atoms with Gasteiger partial charge < -0.3 is 14.6 Å². The van der Waals surface area contributed by atoms with Crippen molar-refractivity contribution in [1.82, 2.24) is 14.8 Å². The Morgan fingerprint density at radius 1 is 1.11 bits per heavy atom. The minimum absolute atomic E-state index is 0.125. The number of aromatic nitrogens is 3. The molecule has 1 atom stereocenters. The summed E-state index contributed by atoms with van der Waals surface area (Å²) in [5.74, 6) is 0.667. The van der Waals surface area contributed by atoms with E-state index in [1.165, 1.54) is 11.8 Å². The van der Waals surface area contributed by atoms with Crippen LogP contribution in [0.15, 0.2) is 65.8 Å². The highest BCUT2D eigenvalue weighted by molar-refractivity contribution is 8.00. The number of benzene rings is 2. The number of para-hydroxylation sites is 1. The van der Waals surface area contributed by atoms with Crippen molar-refractivity contribution in [3.05, 3.63) is 60.7 Å². The van der Waals surface area contributed by atoms with E-state index in [9.17, 15) is 4.79 Å². The Labute approximate surface area is 163 Å². The smallest absolute Gasteiger partial charge is 0.240 e. The van der Waals surface area contributed by atoms with Gasteiger partial charge in [-0.3, -0.25) is 4.79 Å². The Morgan fingerprint density at radius 3 is 2.41 bits per heavy atom. The molecule has 0 saturated heterocycles. The number of amides is 1. The predicted octanol–water partition coefficient (Wildman–Crippen LogP) is 3.71. The van der Waals surface area contributed by atoms with Crippen LogP contribution in [-0.4, -0.2) is 39.6 Å². The third-order valence-electron chi connectivity index (χ3n) is 3.96. The van der Waals surface area contributed by atoms with E-state index < -0.39 is 5.25 Å². The van der Waals surface area contributed by atoms with Crippen molar-refractivity contribution in [2.24, 2.45) is 0 Å². The minimum atomic E-state index is -0.437. The van der Waals surface area contributed by atoms with Crippen molar-refractivity contribution in [2.45, 2.75) is 23.9 Å². The van der Waals surface area contributed by atoms with E-state index in [-0.39, 0.29) is 12.5 Å². The van der Waals surface area contributed by atoms with Crippen LogP contribution in [0.2, 0.25) is 0 Å². The van der Waals surface area contributed by atoms with Gasteiger partial charge in [-0.1, -0.05) is 60.3 Å². The molecular formula is C20H22N4O2S. The number of nitrogens with one attached hydrogen (secondary N) is 1. The largest absolute Gasteiger partial charge is 0.383 e. The topological polar surface area (TPSA) is 69.0 Å². The molecule has 1 aromatic heterocycles. The number of hydrogen-bond donors (Lipinski definition) is 1. The van der Waals surface area contributed by atoms with Gasteiger partial charge in [-0.2, -0.15) is 0 Å². The first-order valence-corrected chi connectivity index (χ1v) is 9.61. The van der Waals surface area contributed by atoms with Crippen molar-refractivity contribution < 1.29 is 9.53 Å². The first kappa shape index (κ1) is 19.1. The first-order chi connectivity index (χ1) is 13.2. The van der Waals surface area contributed by atoms with Gasteiger partial charge in [0.25, 0.3) is 0 Å². The zero-order chi connectivity index (χ0) is 19.1. The van der Waals surface area contributed by atoms with Crippen molar-refractivity contribution in [3.8, 4) is 11.4 Å². The van der Waals surface area contributed by atoms with Gasteiger partial charge in [0, 0.05) is 24.9 Å². The number of hydrogen-bond acceptors (Lipinski definition) is 5. The molecule has 27 heavy (non-hydrogen) atoms. The summed E-state index contributed by atoms with van der Waals surface area (Å²) in [5.41, 5.74) is 1.75. The van der Waals surface area contributed by atoms with Crippen LogP contribution in [-0.2, 0) is 16.1 Å². The molecule has 3 aromatic rings. The van der Waals surface area contributed by atoms with Crippen LogP contribution >= 0.6 is 11.8 Å². The van der Waals surface area contributed by atoms with Crippen LogP contribution < -0.4 is 5.32 Å². The Balaban J connectivity index is 1.80. The summed E-state index contributed by atoms with van der Waals surface area (Å²) in [6.45, 7) is 3.02. The zero-order valence-corrected chi connectivity index (χ0v) is 16.1. The van der Waals surface area contributed by atoms with Crippen LogP contribution in [0.25, 0.3) is 11.4 Å². The highest BCUT2D eigenvalue weighted by Gasteiger charge is 2.24. The lowest BCUT2D eigenvalue weighted by molar-refractivity contribution is -0.116. The third kappa shape index (κ3) is 4.75. The number of carbonyl (C=O) groups is 1. The lowest BCUT2D eigenvalue weighted by Gasteiger charge is -2.16. The summed E-state index contributed by atoms with van der Waals surface area (Å²) in [5, 5.41) is 11.8.